The van der Waals surface area contributed by atoms with E-state index in [-0.39, 0.29) is 83.2 Å². The van der Waals surface area contributed by atoms with Gasteiger partial charge in [-0.1, -0.05) is 260 Å². The molecule has 6 amide bonds. The largest absolute Gasteiger partial charge is 0.496 e. The third kappa shape index (κ3) is 29.3. The summed E-state index contributed by atoms with van der Waals surface area (Å²) < 4.78 is 11.3. The van der Waals surface area contributed by atoms with Crippen LogP contribution < -0.4 is 70.0 Å². The fraction of sp³-hybridized carbons (Fsp3) is 0.318. The number of nitrogens with one attached hydrogen (secondary N) is 6. The number of ether oxygens (including phenoxy) is 2. The Bertz CT molecular complexity index is 5600. The van der Waals surface area contributed by atoms with E-state index in [0.29, 0.717) is 164 Å². The van der Waals surface area contributed by atoms with Crippen LogP contribution in [0, 0.1) is 0 Å². The maximum absolute atomic E-state index is 14.1. The van der Waals surface area contributed by atoms with Crippen molar-refractivity contribution in [3.63, 3.8) is 0 Å². The van der Waals surface area contributed by atoms with Gasteiger partial charge in [0, 0.05) is 156 Å². The SMILES string of the molecule is CN(C)C(N)=NCCC[C@@H]1N[C@H](CNC(=O)c2ccc3ccccc3c2)CCN(CC(c2ccccc2)c2ccccc2)C1=O.COc1cc(C(=O)NC[C@@H]2CCN(CC(c3ccccc3)c3ccccc3)C(=O)[C@H](CCCN=C(N)N)N2)c(OC)c2ccccc12.NC(N)=NCCC[C@@H]1N[C@H](CNC(=O)/C=C/c2ccc(Cl)cc2)CCN(CC(c2ccccc2)c2ccccc2)C1=O. The van der Waals surface area contributed by atoms with Gasteiger partial charge in [-0.05, 0) is 144 Å². The second kappa shape index (κ2) is 51.2. The minimum Gasteiger partial charge on any atom is -0.496 e. The van der Waals surface area contributed by atoms with E-state index in [1.165, 1.54) is 17.2 Å². The summed E-state index contributed by atoms with van der Waals surface area (Å²) in [5, 5.41) is 24.3. The normalized spacial score (nSPS) is 17.0. The van der Waals surface area contributed by atoms with Crippen molar-refractivity contribution in [2.75, 3.05) is 107 Å². The molecule has 134 heavy (non-hydrogen) atoms. The molecule has 3 aliphatic rings. The zero-order valence-corrected chi connectivity index (χ0v) is 77.7. The number of aliphatic imine (C=N–C) groups is 3. The molecule has 0 saturated carbocycles. The van der Waals surface area contributed by atoms with Crippen LogP contribution in [0.1, 0.15) is 135 Å². The van der Waals surface area contributed by atoms with Gasteiger partial charge in [0.25, 0.3) is 11.8 Å². The Labute approximate surface area is 791 Å². The van der Waals surface area contributed by atoms with Gasteiger partial charge in [-0.25, -0.2) is 0 Å². The molecule has 0 unspecified atom stereocenters. The molecule has 3 aliphatic heterocycles. The average Bonchev–Trinajstić information content (AvgIpc) is 0.963. The first-order chi connectivity index (χ1) is 65.2. The number of methoxy groups -OCH3 is 2. The van der Waals surface area contributed by atoms with Gasteiger partial charge in [-0.2, -0.15) is 0 Å². The maximum Gasteiger partial charge on any atom is 0.255 e. The standard InChI is InChI=1S/C37H44N6O4.C37H44N6O2.C33H39ClN6O2/c1-46-33-22-30(34(47-2)29-17-10-9-16-28(29)33)35(44)41-23-27-19-21-43(36(45)32(42-27)18-11-20-40-37(38)39)24-31(25-12-5-3-6-13-25)26-14-7-4-8-15-26;1-42(2)37(38)39-22-11-18-34-36(45)43(26-33(28-13-5-3-6-14-28)29-15-7-4-8-16-29)23-21-32(41-34)25-40-35(44)31-20-19-27-12-9-10-17-30(27)24-31;34-27-16-13-24(14-17-27)15-18-31(41)38-22-28-19-21-40(32(42)30(39-28)12-7-20-37-33(35)36)23-29(25-8-3-1-4-9-25)26-10-5-2-6-11-26/h3-10,12-17,22,27,31-32,42H,11,18-21,23-24H2,1-2H3,(H,41,44)(H4,38,39,40);3-10,12-17,19-20,24,32-34,41H,11,18,21-23,25-26H2,1-2H3,(H2,38,39)(H,40,44);1-6,8-11,13-18,28-30,39H,7,12,19-23H2,(H,38,41)(H4,35,36,37)/b;;18-15+/t27-,32-;32-,34-;28-,30-/m000/s1. The molecule has 3 heterocycles. The van der Waals surface area contributed by atoms with Crippen LogP contribution in [0.4, 0.5) is 0 Å². The van der Waals surface area contributed by atoms with Crippen LogP contribution in [0.15, 0.2) is 300 Å². The number of halogens is 1. The number of benzene rings is 11. The van der Waals surface area contributed by atoms with E-state index < -0.39 is 18.1 Å². The predicted octanol–water partition coefficient (Wildman–Crippen LogP) is 12.6. The Hall–Kier alpha value is -13.9. The second-order valence-corrected chi connectivity index (χ2v) is 34.5. The fourth-order valence-electron chi connectivity index (χ4n) is 17.4. The lowest BCUT2D eigenvalue weighted by Gasteiger charge is -2.29. The van der Waals surface area contributed by atoms with E-state index in [2.05, 4.69) is 120 Å². The summed E-state index contributed by atoms with van der Waals surface area (Å²) in [6.07, 6.45) is 9.08. The smallest absolute Gasteiger partial charge is 0.255 e. The van der Waals surface area contributed by atoms with E-state index in [9.17, 15) is 28.8 Å². The van der Waals surface area contributed by atoms with Gasteiger partial charge < -0.3 is 89.6 Å². The van der Waals surface area contributed by atoms with Gasteiger partial charge in [-0.3, -0.25) is 43.7 Å². The first kappa shape index (κ1) is 99.1. The van der Waals surface area contributed by atoms with Crippen molar-refractivity contribution >= 4 is 92.5 Å². The zero-order valence-electron chi connectivity index (χ0n) is 76.9. The highest BCUT2D eigenvalue weighted by atomic mass is 35.5. The molecule has 27 heteroatoms. The van der Waals surface area contributed by atoms with Crippen molar-refractivity contribution in [1.82, 2.24) is 51.5 Å². The zero-order chi connectivity index (χ0) is 94.5. The van der Waals surface area contributed by atoms with Crippen LogP contribution in [0.2, 0.25) is 5.02 Å². The predicted molar refractivity (Wildman–Crippen MR) is 538 cm³/mol. The Kier molecular flexibility index (Phi) is 37.9. The molecular weight excluding hydrogens is 1700 g/mol. The van der Waals surface area contributed by atoms with E-state index in [1.807, 2.05) is 217 Å². The van der Waals surface area contributed by atoms with Gasteiger partial charge in [0.2, 0.25) is 23.6 Å². The number of carbonyl (C=O) groups excluding carboxylic acids is 6. The lowest BCUT2D eigenvalue weighted by atomic mass is 9.90. The lowest BCUT2D eigenvalue weighted by molar-refractivity contribution is -0.133. The number of nitrogens with two attached hydrogens (primary N) is 5. The third-order valence-electron chi connectivity index (χ3n) is 24.6. The Morgan fingerprint density at radius 2 is 0.806 bits per heavy atom. The van der Waals surface area contributed by atoms with Crippen LogP contribution in [0.5, 0.6) is 11.5 Å². The minimum absolute atomic E-state index is 0.00948. The van der Waals surface area contributed by atoms with Crippen LogP contribution in [0.3, 0.4) is 0 Å². The van der Waals surface area contributed by atoms with E-state index in [4.69, 9.17) is 49.7 Å². The number of hydrogen-bond donors (Lipinski definition) is 11. The highest BCUT2D eigenvalue weighted by molar-refractivity contribution is 6.30. The summed E-state index contributed by atoms with van der Waals surface area (Å²) in [6.45, 7) is 5.94. The highest BCUT2D eigenvalue weighted by Crippen LogP contribution is 2.38. The van der Waals surface area contributed by atoms with Crippen molar-refractivity contribution in [3.8, 4) is 11.5 Å². The molecule has 0 aromatic heterocycles. The number of guanidine groups is 3. The van der Waals surface area contributed by atoms with Crippen molar-refractivity contribution in [2.45, 2.75) is 112 Å². The van der Waals surface area contributed by atoms with Crippen molar-refractivity contribution in [3.05, 3.63) is 340 Å². The molecule has 0 spiro atoms. The second-order valence-electron chi connectivity index (χ2n) is 34.1. The van der Waals surface area contributed by atoms with E-state index in [1.54, 1.807) is 43.4 Å². The molecule has 11 aromatic rings. The van der Waals surface area contributed by atoms with Crippen LogP contribution >= 0.6 is 11.6 Å². The molecule has 14 rings (SSSR count). The van der Waals surface area contributed by atoms with Gasteiger partial charge >= 0.3 is 0 Å². The summed E-state index contributed by atoms with van der Waals surface area (Å²) in [6, 6.07) is 90.8. The van der Waals surface area contributed by atoms with Gasteiger partial charge in [0.1, 0.15) is 11.5 Å². The average molecular weight is 1830 g/mol. The number of nitrogens with zero attached hydrogens (tertiary/aromatic N) is 7. The first-order valence-electron chi connectivity index (χ1n) is 46.1. The van der Waals surface area contributed by atoms with Crippen LogP contribution in [-0.2, 0) is 19.2 Å². The van der Waals surface area contributed by atoms with Crippen LogP contribution in [-0.4, -0.2) is 216 Å². The Morgan fingerprint density at radius 3 is 1.19 bits per heavy atom. The topological polar surface area (TPSA) is 373 Å². The number of carbonyl (C=O) groups is 6. The van der Waals surface area contributed by atoms with Crippen molar-refractivity contribution in [1.29, 1.82) is 0 Å². The molecule has 0 bridgehead atoms. The molecule has 16 N–H and O–H groups in total. The van der Waals surface area contributed by atoms with Gasteiger partial charge in [0.15, 0.2) is 17.9 Å². The molecule has 26 nitrogen and oxygen atoms in total. The van der Waals surface area contributed by atoms with E-state index >= 15 is 0 Å². The Balaban J connectivity index is 0.000000181. The highest BCUT2D eigenvalue weighted by Gasteiger charge is 2.37. The maximum atomic E-state index is 14.1. The van der Waals surface area contributed by atoms with E-state index in [0.717, 1.165) is 55.8 Å². The quantitative estimate of drug-likeness (QED) is 0.00752. The molecule has 11 aromatic carbocycles. The van der Waals surface area contributed by atoms with Crippen LogP contribution in [0.25, 0.3) is 27.6 Å². The molecular formula is C107H127ClN18O8. The Morgan fingerprint density at radius 1 is 0.440 bits per heavy atom. The summed E-state index contributed by atoms with van der Waals surface area (Å²) in [5.41, 5.74) is 36.9. The molecule has 0 aliphatic carbocycles. The third-order valence-corrected chi connectivity index (χ3v) is 24.8. The summed E-state index contributed by atoms with van der Waals surface area (Å²) in [5.74, 6) is 1.27. The summed E-state index contributed by atoms with van der Waals surface area (Å²) in [7, 11) is 6.87. The summed E-state index contributed by atoms with van der Waals surface area (Å²) >= 11 is 5.94. The number of fused-ring (bicyclic) bond motifs is 2. The molecule has 3 saturated heterocycles. The minimum atomic E-state index is -0.462. The van der Waals surface area contributed by atoms with Gasteiger partial charge in [0.05, 0.1) is 37.9 Å². The number of hydrogen-bond acceptors (Lipinski definition) is 14. The first-order valence-corrected chi connectivity index (χ1v) is 46.5. The fourth-order valence-corrected chi connectivity index (χ4v) is 17.5. The number of amides is 6. The van der Waals surface area contributed by atoms with Gasteiger partial charge in [-0.15, -0.1) is 0 Å². The van der Waals surface area contributed by atoms with Crippen molar-refractivity contribution in [2.24, 2.45) is 43.6 Å². The number of rotatable bonds is 36. The molecule has 0 radical (unpaired) electrons. The monoisotopic (exact) mass is 1830 g/mol. The van der Waals surface area contributed by atoms with Crippen molar-refractivity contribution < 1.29 is 38.2 Å². The summed E-state index contributed by atoms with van der Waals surface area (Å²) in [4.78, 5) is 102. The lowest BCUT2D eigenvalue weighted by Crippen LogP contribution is -2.49. The molecule has 700 valence electrons. The molecule has 3 fully saturated rings. The molecule has 6 atom stereocenters.